The Kier molecular flexibility index (Phi) is 5.40. The molecule has 1 aromatic heterocycles. The highest BCUT2D eigenvalue weighted by atomic mass is 35.5. The summed E-state index contributed by atoms with van der Waals surface area (Å²) in [4.78, 5) is 20.8. The van der Waals surface area contributed by atoms with Gasteiger partial charge in [-0.3, -0.25) is 4.79 Å². The molecule has 31 heavy (non-hydrogen) atoms. The molecule has 1 amide bonds. The van der Waals surface area contributed by atoms with Crippen LogP contribution in [0.5, 0.6) is 0 Å². The van der Waals surface area contributed by atoms with Crippen LogP contribution < -0.4 is 4.90 Å². The number of rotatable bonds is 3. The van der Waals surface area contributed by atoms with Gasteiger partial charge in [0.2, 0.25) is 5.91 Å². The minimum Gasteiger partial charge on any atom is -0.375 e. The van der Waals surface area contributed by atoms with Gasteiger partial charge in [-0.25, -0.2) is 0 Å². The first-order valence-electron chi connectivity index (χ1n) is 11.0. The Morgan fingerprint density at radius 3 is 2.68 bits per heavy atom. The van der Waals surface area contributed by atoms with Gasteiger partial charge in [-0.05, 0) is 49.6 Å². The quantitative estimate of drug-likeness (QED) is 0.614. The molecule has 1 saturated heterocycles. The molecule has 0 radical (unpaired) electrons. The zero-order chi connectivity index (χ0) is 21.5. The molecule has 0 saturated carbocycles. The first kappa shape index (κ1) is 20.4. The molecule has 2 aromatic carbocycles. The fourth-order valence-corrected chi connectivity index (χ4v) is 5.31. The summed E-state index contributed by atoms with van der Waals surface area (Å²) in [6.45, 7) is 6.76. The molecule has 2 aliphatic heterocycles. The average Bonchev–Trinajstić information content (AvgIpc) is 3.16. The van der Waals surface area contributed by atoms with Crippen LogP contribution in [0.25, 0.3) is 10.9 Å². The molecule has 5 nitrogen and oxygen atoms in total. The summed E-state index contributed by atoms with van der Waals surface area (Å²) in [7, 11) is 0. The number of alkyl halides is 1. The molecule has 3 heterocycles. The van der Waals surface area contributed by atoms with Crippen molar-refractivity contribution < 1.29 is 9.53 Å². The Labute approximate surface area is 187 Å². The van der Waals surface area contributed by atoms with Crippen molar-refractivity contribution in [2.45, 2.75) is 38.5 Å². The van der Waals surface area contributed by atoms with Crippen molar-refractivity contribution in [3.8, 4) is 0 Å². The Hall–Kier alpha value is -2.50. The fraction of sp³-hybridized carbons (Fsp3) is 0.400. The minimum absolute atomic E-state index is 0.0137. The molecule has 1 N–H and O–H groups in total. The van der Waals surface area contributed by atoms with Gasteiger partial charge >= 0.3 is 0 Å². The molecule has 1 unspecified atom stereocenters. The number of aromatic amines is 1. The van der Waals surface area contributed by atoms with Crippen molar-refractivity contribution in [3.63, 3.8) is 0 Å². The molecule has 6 heteroatoms. The van der Waals surface area contributed by atoms with E-state index in [0.717, 1.165) is 42.9 Å². The smallest absolute Gasteiger partial charge is 0.238 e. The van der Waals surface area contributed by atoms with E-state index in [1.807, 2.05) is 11.0 Å². The lowest BCUT2D eigenvalue weighted by molar-refractivity contribution is -0.133. The average molecular weight is 438 g/mol. The summed E-state index contributed by atoms with van der Waals surface area (Å²) in [6, 6.07) is 16.9. The summed E-state index contributed by atoms with van der Waals surface area (Å²) in [6.07, 6.45) is 1.06. The lowest BCUT2D eigenvalue weighted by atomic mass is 9.88. The summed E-state index contributed by atoms with van der Waals surface area (Å²) < 4.78 is 5.68. The van der Waals surface area contributed by atoms with E-state index in [1.165, 1.54) is 16.6 Å². The lowest BCUT2D eigenvalue weighted by Crippen LogP contribution is -2.47. The maximum absolute atomic E-state index is 12.9. The van der Waals surface area contributed by atoms with Crippen LogP contribution in [0, 0.1) is 0 Å². The van der Waals surface area contributed by atoms with Crippen LogP contribution in [-0.4, -0.2) is 53.5 Å². The zero-order valence-electron chi connectivity index (χ0n) is 18.0. The van der Waals surface area contributed by atoms with Gasteiger partial charge in [-0.15, -0.1) is 11.6 Å². The molecular formula is C25H28ClN3O2. The predicted octanol–water partition coefficient (Wildman–Crippen LogP) is 4.49. The third-order valence-corrected chi connectivity index (χ3v) is 6.82. The molecule has 162 valence electrons. The van der Waals surface area contributed by atoms with E-state index in [0.29, 0.717) is 0 Å². The number of nitrogens with zero attached hydrogens (tertiary/aromatic N) is 2. The molecule has 0 spiro atoms. The van der Waals surface area contributed by atoms with Gasteiger partial charge in [0.05, 0.1) is 18.8 Å². The number of fused-ring (bicyclic) bond motifs is 3. The van der Waals surface area contributed by atoms with E-state index in [2.05, 4.69) is 66.2 Å². The van der Waals surface area contributed by atoms with E-state index in [4.69, 9.17) is 16.3 Å². The summed E-state index contributed by atoms with van der Waals surface area (Å²) in [5, 5.41) is 1.24. The molecule has 3 aromatic rings. The van der Waals surface area contributed by atoms with Crippen molar-refractivity contribution >= 4 is 34.1 Å². The minimum atomic E-state index is -0.171. The number of H-pyrrole nitrogens is 1. The standard InChI is InChI=1S/C25H28ClN3O2/c1-16-13-21-20-5-3-4-6-22(20)27-24(21)25(29(16)23(30)14-26)18-7-9-19(10-8-18)28-11-12-31-17(2)15-28/h3-10,16-17,25,27H,11-15H2,1-2H3/t16-,17?,25-/m0/s1. The SMILES string of the molecule is CC1CN(c2ccc([C@H]3c4[nH]c5ccccc5c4C[C@H](C)N3C(=O)CCl)cc2)CCO1. The van der Waals surface area contributed by atoms with Crippen molar-refractivity contribution in [1.29, 1.82) is 0 Å². The largest absolute Gasteiger partial charge is 0.375 e. The number of hydrogen-bond acceptors (Lipinski definition) is 3. The van der Waals surface area contributed by atoms with Gasteiger partial charge in [-0.1, -0.05) is 30.3 Å². The third kappa shape index (κ3) is 3.60. The highest BCUT2D eigenvalue weighted by Gasteiger charge is 2.38. The van der Waals surface area contributed by atoms with Gasteiger partial charge < -0.3 is 19.5 Å². The molecule has 2 aliphatic rings. The number of aromatic nitrogens is 1. The molecule has 3 atom stereocenters. The number of morpholine rings is 1. The van der Waals surface area contributed by atoms with Crippen LogP contribution in [-0.2, 0) is 16.0 Å². The number of carbonyl (C=O) groups excluding carboxylic acids is 1. The number of ether oxygens (including phenoxy) is 1. The van der Waals surface area contributed by atoms with Crippen molar-refractivity contribution in [1.82, 2.24) is 9.88 Å². The number of amides is 1. The summed E-state index contributed by atoms with van der Waals surface area (Å²) in [5.41, 5.74) is 5.81. The number of carbonyl (C=O) groups is 1. The number of hydrogen-bond donors (Lipinski definition) is 1. The van der Waals surface area contributed by atoms with Crippen molar-refractivity contribution in [2.24, 2.45) is 0 Å². The second-order valence-corrected chi connectivity index (χ2v) is 8.94. The topological polar surface area (TPSA) is 48.6 Å². The van der Waals surface area contributed by atoms with E-state index >= 15 is 0 Å². The second-order valence-electron chi connectivity index (χ2n) is 8.67. The molecule has 0 aliphatic carbocycles. The molecule has 0 bridgehead atoms. The van der Waals surface area contributed by atoms with Crippen LogP contribution in [0.3, 0.4) is 0 Å². The van der Waals surface area contributed by atoms with Crippen LogP contribution in [0.1, 0.15) is 36.7 Å². The number of anilines is 1. The molecule has 5 rings (SSSR count). The van der Waals surface area contributed by atoms with Gasteiger partial charge in [-0.2, -0.15) is 0 Å². The Morgan fingerprint density at radius 1 is 1.16 bits per heavy atom. The van der Waals surface area contributed by atoms with Gasteiger partial charge in [0, 0.05) is 41.4 Å². The normalized spacial score (nSPS) is 23.8. The molecular weight excluding hydrogens is 410 g/mol. The van der Waals surface area contributed by atoms with Gasteiger partial charge in [0.15, 0.2) is 0 Å². The third-order valence-electron chi connectivity index (χ3n) is 6.59. The van der Waals surface area contributed by atoms with Crippen LogP contribution >= 0.6 is 11.6 Å². The highest BCUT2D eigenvalue weighted by Crippen LogP contribution is 2.41. The van der Waals surface area contributed by atoms with Crippen LogP contribution in [0.15, 0.2) is 48.5 Å². The number of nitrogens with one attached hydrogen (secondary N) is 1. The predicted molar refractivity (Wildman–Crippen MR) is 125 cm³/mol. The van der Waals surface area contributed by atoms with E-state index in [9.17, 15) is 4.79 Å². The maximum atomic E-state index is 12.9. The number of halogens is 1. The van der Waals surface area contributed by atoms with Crippen molar-refractivity contribution in [3.05, 3.63) is 65.4 Å². The maximum Gasteiger partial charge on any atom is 0.238 e. The van der Waals surface area contributed by atoms with Crippen LogP contribution in [0.2, 0.25) is 0 Å². The van der Waals surface area contributed by atoms with Crippen LogP contribution in [0.4, 0.5) is 5.69 Å². The monoisotopic (exact) mass is 437 g/mol. The zero-order valence-corrected chi connectivity index (χ0v) is 18.7. The van der Waals surface area contributed by atoms with Gasteiger partial charge in [0.1, 0.15) is 5.88 Å². The van der Waals surface area contributed by atoms with E-state index in [-0.39, 0.29) is 30.0 Å². The van der Waals surface area contributed by atoms with Gasteiger partial charge in [0.25, 0.3) is 0 Å². The lowest BCUT2D eigenvalue weighted by Gasteiger charge is -2.41. The Bertz CT molecular complexity index is 1090. The second kappa shape index (κ2) is 8.21. The number of para-hydroxylation sites is 1. The Morgan fingerprint density at radius 2 is 1.94 bits per heavy atom. The van der Waals surface area contributed by atoms with E-state index < -0.39 is 0 Å². The molecule has 1 fully saturated rings. The fourth-order valence-electron chi connectivity index (χ4n) is 5.17. The highest BCUT2D eigenvalue weighted by molar-refractivity contribution is 6.27. The first-order valence-corrected chi connectivity index (χ1v) is 11.5. The summed E-state index contributed by atoms with van der Waals surface area (Å²) in [5.74, 6) is -0.0466. The number of benzene rings is 2. The first-order chi connectivity index (χ1) is 15.1. The van der Waals surface area contributed by atoms with E-state index in [1.54, 1.807) is 0 Å². The van der Waals surface area contributed by atoms with Crippen molar-refractivity contribution in [2.75, 3.05) is 30.5 Å². The Balaban J connectivity index is 1.57. The summed E-state index contributed by atoms with van der Waals surface area (Å²) >= 11 is 6.03.